The van der Waals surface area contributed by atoms with Crippen LogP contribution in [0.1, 0.15) is 30.6 Å². The van der Waals surface area contributed by atoms with Gasteiger partial charge >= 0.3 is 11.7 Å². The van der Waals surface area contributed by atoms with Gasteiger partial charge in [0.1, 0.15) is 0 Å². The first-order valence-electron chi connectivity index (χ1n) is 9.53. The molecule has 0 unspecified atom stereocenters. The summed E-state index contributed by atoms with van der Waals surface area (Å²) >= 11 is 0. The largest absolute Gasteiger partial charge is 0.457 e. The van der Waals surface area contributed by atoms with Gasteiger partial charge in [0.25, 0.3) is 0 Å². The summed E-state index contributed by atoms with van der Waals surface area (Å²) in [6.07, 6.45) is -0.0725. The number of benzene rings is 2. The fraction of sp³-hybridized carbons (Fsp3) is 0.273. The summed E-state index contributed by atoms with van der Waals surface area (Å²) in [5, 5.41) is 2.73. The number of ether oxygens (including phenoxy) is 1. The van der Waals surface area contributed by atoms with Crippen molar-refractivity contribution in [3.05, 3.63) is 64.6 Å². The predicted molar refractivity (Wildman–Crippen MR) is 110 cm³/mol. The zero-order chi connectivity index (χ0) is 21.7. The van der Waals surface area contributed by atoms with E-state index in [9.17, 15) is 19.2 Å². The van der Waals surface area contributed by atoms with Crippen LogP contribution in [0, 0.1) is 5.92 Å². The lowest BCUT2D eigenvalue weighted by Crippen LogP contribution is -2.19. The minimum absolute atomic E-state index is 0.0725. The van der Waals surface area contributed by atoms with Crippen LogP contribution < -0.4 is 11.1 Å². The van der Waals surface area contributed by atoms with Crippen LogP contribution >= 0.6 is 0 Å². The summed E-state index contributed by atoms with van der Waals surface area (Å²) in [6.45, 7) is 3.25. The van der Waals surface area contributed by atoms with Crippen molar-refractivity contribution >= 4 is 34.4 Å². The smallest absolute Gasteiger partial charge is 0.419 e. The molecule has 156 valence electrons. The minimum Gasteiger partial charge on any atom is -0.457 e. The molecule has 1 N–H and O–H groups in total. The number of aryl methyl sites for hydroxylation is 1. The first-order valence-corrected chi connectivity index (χ1v) is 9.53. The Morgan fingerprint density at radius 1 is 1.07 bits per heavy atom. The van der Waals surface area contributed by atoms with E-state index in [0.717, 1.165) is 0 Å². The Kier molecular flexibility index (Phi) is 6.46. The zero-order valence-corrected chi connectivity index (χ0v) is 16.7. The molecule has 1 amide bonds. The average molecular weight is 410 g/mol. The number of hydrogen-bond donors (Lipinski definition) is 1. The van der Waals surface area contributed by atoms with Crippen LogP contribution in [0.2, 0.25) is 0 Å². The summed E-state index contributed by atoms with van der Waals surface area (Å²) in [4.78, 5) is 47.8. The van der Waals surface area contributed by atoms with E-state index in [1.54, 1.807) is 62.4 Å². The Morgan fingerprint density at radius 3 is 2.47 bits per heavy atom. The number of carbonyl (C=O) groups is 3. The van der Waals surface area contributed by atoms with Crippen molar-refractivity contribution in [2.75, 3.05) is 11.9 Å². The van der Waals surface area contributed by atoms with Crippen molar-refractivity contribution in [3.8, 4) is 0 Å². The lowest BCUT2D eigenvalue weighted by atomic mass is 10.1. The standard InChI is InChI=1S/C22H22N2O6/c1-14(2)21(27)23-16-9-7-15(8-10-16)18(25)13-29-20(26)11-12-24-17-5-3-4-6-19(17)30-22(24)28/h3-10,14H,11-13H2,1-2H3,(H,23,27). The Bertz CT molecular complexity index is 1120. The number of rotatable bonds is 8. The Morgan fingerprint density at radius 2 is 1.77 bits per heavy atom. The van der Waals surface area contributed by atoms with Gasteiger partial charge in [-0.2, -0.15) is 0 Å². The quantitative estimate of drug-likeness (QED) is 0.452. The molecule has 3 aromatic rings. The van der Waals surface area contributed by atoms with E-state index < -0.39 is 18.3 Å². The number of hydrogen-bond acceptors (Lipinski definition) is 6. The van der Waals surface area contributed by atoms with E-state index in [1.165, 1.54) is 4.57 Å². The number of esters is 1. The summed E-state index contributed by atoms with van der Waals surface area (Å²) in [7, 11) is 0. The van der Waals surface area contributed by atoms with Crippen LogP contribution in [0.15, 0.2) is 57.7 Å². The molecule has 0 aliphatic carbocycles. The number of nitrogens with zero attached hydrogens (tertiary/aromatic N) is 1. The van der Waals surface area contributed by atoms with E-state index in [0.29, 0.717) is 22.4 Å². The second-order valence-corrected chi connectivity index (χ2v) is 7.04. The van der Waals surface area contributed by atoms with Crippen LogP contribution in [-0.4, -0.2) is 28.8 Å². The molecular weight excluding hydrogens is 388 g/mol. The maximum absolute atomic E-state index is 12.2. The molecule has 0 radical (unpaired) electrons. The van der Waals surface area contributed by atoms with Crippen LogP contribution in [0.25, 0.3) is 11.1 Å². The van der Waals surface area contributed by atoms with Gasteiger partial charge in [-0.15, -0.1) is 0 Å². The number of anilines is 1. The fourth-order valence-corrected chi connectivity index (χ4v) is 2.76. The average Bonchev–Trinajstić information content (AvgIpc) is 3.05. The summed E-state index contributed by atoms with van der Waals surface area (Å²) < 4.78 is 11.5. The van der Waals surface area contributed by atoms with Gasteiger partial charge in [0.05, 0.1) is 11.9 Å². The summed E-state index contributed by atoms with van der Waals surface area (Å²) in [5.74, 6) is -1.78. The Balaban J connectivity index is 1.50. The maximum atomic E-state index is 12.2. The normalized spacial score (nSPS) is 10.9. The lowest BCUT2D eigenvalue weighted by Gasteiger charge is -2.08. The number of fused-ring (bicyclic) bond motifs is 1. The monoisotopic (exact) mass is 410 g/mol. The van der Waals surface area contributed by atoms with Gasteiger partial charge < -0.3 is 14.5 Å². The molecule has 0 spiro atoms. The number of aromatic nitrogens is 1. The molecule has 8 heteroatoms. The van der Waals surface area contributed by atoms with Crippen molar-refractivity contribution in [3.63, 3.8) is 0 Å². The Hall–Kier alpha value is -3.68. The second-order valence-electron chi connectivity index (χ2n) is 7.04. The third-order valence-electron chi connectivity index (χ3n) is 4.48. The zero-order valence-electron chi connectivity index (χ0n) is 16.7. The number of carbonyl (C=O) groups excluding carboxylic acids is 3. The molecule has 0 fully saturated rings. The molecule has 2 aromatic carbocycles. The molecule has 0 saturated heterocycles. The van der Waals surface area contributed by atoms with E-state index >= 15 is 0 Å². The number of para-hydroxylation sites is 2. The van der Waals surface area contributed by atoms with E-state index in [-0.39, 0.29) is 30.6 Å². The van der Waals surface area contributed by atoms with Crippen LogP contribution in [-0.2, 0) is 20.9 Å². The van der Waals surface area contributed by atoms with Crippen LogP contribution in [0.3, 0.4) is 0 Å². The third-order valence-corrected chi connectivity index (χ3v) is 4.48. The highest BCUT2D eigenvalue weighted by molar-refractivity contribution is 5.99. The van der Waals surface area contributed by atoms with E-state index in [4.69, 9.17) is 9.15 Å². The molecule has 30 heavy (non-hydrogen) atoms. The summed E-state index contributed by atoms with van der Waals surface area (Å²) in [6, 6.07) is 13.3. The van der Waals surface area contributed by atoms with Crippen molar-refractivity contribution in [2.24, 2.45) is 5.92 Å². The number of amides is 1. The third kappa shape index (κ3) is 5.02. The second kappa shape index (κ2) is 9.21. The molecule has 3 rings (SSSR count). The SMILES string of the molecule is CC(C)C(=O)Nc1ccc(C(=O)COC(=O)CCn2c(=O)oc3ccccc32)cc1. The van der Waals surface area contributed by atoms with Crippen molar-refractivity contribution < 1.29 is 23.5 Å². The van der Waals surface area contributed by atoms with Gasteiger partial charge in [0.2, 0.25) is 5.91 Å². The van der Waals surface area contributed by atoms with Crippen LogP contribution in [0.4, 0.5) is 5.69 Å². The number of nitrogens with one attached hydrogen (secondary N) is 1. The predicted octanol–water partition coefficient (Wildman–Crippen LogP) is 3.01. The molecule has 0 aliphatic rings. The van der Waals surface area contributed by atoms with Gasteiger partial charge in [0, 0.05) is 23.7 Å². The molecule has 0 atom stereocenters. The van der Waals surface area contributed by atoms with Crippen molar-refractivity contribution in [1.82, 2.24) is 4.57 Å². The van der Waals surface area contributed by atoms with Crippen LogP contribution in [0.5, 0.6) is 0 Å². The molecule has 0 bridgehead atoms. The van der Waals surface area contributed by atoms with Gasteiger partial charge in [-0.1, -0.05) is 26.0 Å². The van der Waals surface area contributed by atoms with Gasteiger partial charge in [-0.3, -0.25) is 19.0 Å². The van der Waals surface area contributed by atoms with Crippen molar-refractivity contribution in [1.29, 1.82) is 0 Å². The molecular formula is C22H22N2O6. The van der Waals surface area contributed by atoms with Crippen molar-refractivity contribution in [2.45, 2.75) is 26.8 Å². The van der Waals surface area contributed by atoms with E-state index in [1.807, 2.05) is 0 Å². The molecule has 0 aliphatic heterocycles. The number of ketones is 1. The minimum atomic E-state index is -0.596. The molecule has 1 heterocycles. The van der Waals surface area contributed by atoms with E-state index in [2.05, 4.69) is 5.32 Å². The Labute approximate surface area is 172 Å². The molecule has 0 saturated carbocycles. The van der Waals surface area contributed by atoms with Gasteiger partial charge in [-0.25, -0.2) is 4.79 Å². The fourth-order valence-electron chi connectivity index (χ4n) is 2.76. The highest BCUT2D eigenvalue weighted by Crippen LogP contribution is 2.13. The highest BCUT2D eigenvalue weighted by atomic mass is 16.5. The lowest BCUT2D eigenvalue weighted by molar-refractivity contribution is -0.142. The molecule has 8 nitrogen and oxygen atoms in total. The highest BCUT2D eigenvalue weighted by Gasteiger charge is 2.14. The number of oxazole rings is 1. The first kappa shape index (κ1) is 21.0. The van der Waals surface area contributed by atoms with Gasteiger partial charge in [-0.05, 0) is 36.4 Å². The topological polar surface area (TPSA) is 108 Å². The maximum Gasteiger partial charge on any atom is 0.419 e. The van der Waals surface area contributed by atoms with Gasteiger partial charge in [0.15, 0.2) is 18.0 Å². The first-order chi connectivity index (χ1) is 14.3. The summed E-state index contributed by atoms with van der Waals surface area (Å²) in [5.41, 5.74) is 1.98. The number of Topliss-reactive ketones (excluding diaryl/α,β-unsaturated/α-hetero) is 1. The molecule has 1 aromatic heterocycles.